The number of carbonyl (C=O) groups excluding carboxylic acids is 2. The second-order valence-electron chi connectivity index (χ2n) is 5.61. The first-order chi connectivity index (χ1) is 12.6. The SMILES string of the molecule is CCc1ccccc1NC(=O)COC(=O)c1cc(=O)c2ccccc2o1. The zero-order chi connectivity index (χ0) is 18.5. The minimum Gasteiger partial charge on any atom is -0.450 e. The predicted molar refractivity (Wildman–Crippen MR) is 97.2 cm³/mol. The summed E-state index contributed by atoms with van der Waals surface area (Å²) in [5, 5.41) is 3.07. The summed E-state index contributed by atoms with van der Waals surface area (Å²) in [6.07, 6.45) is 0.762. The molecule has 1 amide bonds. The molecule has 0 aliphatic rings. The maximum atomic E-state index is 12.1. The van der Waals surface area contributed by atoms with Crippen molar-refractivity contribution in [2.45, 2.75) is 13.3 Å². The molecule has 3 aromatic rings. The van der Waals surface area contributed by atoms with Crippen molar-refractivity contribution in [2.75, 3.05) is 11.9 Å². The molecule has 0 fully saturated rings. The Hall–Kier alpha value is -3.41. The Labute approximate surface area is 149 Å². The van der Waals surface area contributed by atoms with Crippen molar-refractivity contribution in [1.82, 2.24) is 0 Å². The number of esters is 1. The highest BCUT2D eigenvalue weighted by atomic mass is 16.5. The van der Waals surface area contributed by atoms with Gasteiger partial charge in [0.25, 0.3) is 5.91 Å². The average Bonchev–Trinajstić information content (AvgIpc) is 2.66. The number of anilines is 1. The molecule has 0 aliphatic carbocycles. The van der Waals surface area contributed by atoms with Crippen LogP contribution in [0, 0.1) is 0 Å². The summed E-state index contributed by atoms with van der Waals surface area (Å²) in [6, 6.07) is 15.0. The van der Waals surface area contributed by atoms with Gasteiger partial charge < -0.3 is 14.5 Å². The van der Waals surface area contributed by atoms with Crippen molar-refractivity contribution in [1.29, 1.82) is 0 Å². The van der Waals surface area contributed by atoms with Crippen LogP contribution in [0.25, 0.3) is 11.0 Å². The standard InChI is InChI=1S/C20H17NO5/c1-2-13-7-3-5-9-15(13)21-19(23)12-25-20(24)18-11-16(22)14-8-4-6-10-17(14)26-18/h3-11H,2,12H2,1H3,(H,21,23). The largest absolute Gasteiger partial charge is 0.450 e. The van der Waals surface area contributed by atoms with E-state index < -0.39 is 18.5 Å². The van der Waals surface area contributed by atoms with E-state index in [1.807, 2.05) is 25.1 Å². The van der Waals surface area contributed by atoms with Crippen LogP contribution in [0.1, 0.15) is 23.0 Å². The highest BCUT2D eigenvalue weighted by molar-refractivity contribution is 5.95. The van der Waals surface area contributed by atoms with E-state index in [0.29, 0.717) is 11.1 Å². The molecule has 132 valence electrons. The van der Waals surface area contributed by atoms with Crippen LogP contribution in [-0.4, -0.2) is 18.5 Å². The van der Waals surface area contributed by atoms with E-state index in [0.717, 1.165) is 18.1 Å². The van der Waals surface area contributed by atoms with Gasteiger partial charge >= 0.3 is 5.97 Å². The molecule has 0 aliphatic heterocycles. The fourth-order valence-corrected chi connectivity index (χ4v) is 2.54. The minimum atomic E-state index is -0.869. The lowest BCUT2D eigenvalue weighted by molar-refractivity contribution is -0.119. The highest BCUT2D eigenvalue weighted by Crippen LogP contribution is 2.15. The zero-order valence-electron chi connectivity index (χ0n) is 14.2. The van der Waals surface area contributed by atoms with Gasteiger partial charge in [0, 0.05) is 11.8 Å². The summed E-state index contributed by atoms with van der Waals surface area (Å²) in [6.45, 7) is 1.50. The van der Waals surface area contributed by atoms with Gasteiger partial charge in [-0.15, -0.1) is 0 Å². The van der Waals surface area contributed by atoms with E-state index in [9.17, 15) is 14.4 Å². The second kappa shape index (κ2) is 7.65. The van der Waals surface area contributed by atoms with Gasteiger partial charge in [0.15, 0.2) is 12.0 Å². The Bertz CT molecular complexity index is 1020. The first-order valence-electron chi connectivity index (χ1n) is 8.16. The van der Waals surface area contributed by atoms with Crippen LogP contribution < -0.4 is 10.7 Å². The third-order valence-electron chi connectivity index (χ3n) is 3.84. The van der Waals surface area contributed by atoms with Gasteiger partial charge in [0.1, 0.15) is 5.58 Å². The first kappa shape index (κ1) is 17.4. The predicted octanol–water partition coefficient (Wildman–Crippen LogP) is 3.15. The maximum absolute atomic E-state index is 12.1. The normalized spacial score (nSPS) is 10.5. The number of amides is 1. The number of rotatable bonds is 5. The molecule has 0 spiro atoms. The topological polar surface area (TPSA) is 85.6 Å². The summed E-state index contributed by atoms with van der Waals surface area (Å²) in [5.41, 5.74) is 1.59. The van der Waals surface area contributed by atoms with E-state index in [1.165, 1.54) is 0 Å². The molecule has 26 heavy (non-hydrogen) atoms. The molecule has 0 radical (unpaired) electrons. The fraction of sp³-hybridized carbons (Fsp3) is 0.150. The van der Waals surface area contributed by atoms with Crippen molar-refractivity contribution >= 4 is 28.5 Å². The lowest BCUT2D eigenvalue weighted by Crippen LogP contribution is -2.22. The molecule has 6 nitrogen and oxygen atoms in total. The van der Waals surface area contributed by atoms with E-state index in [2.05, 4.69) is 5.32 Å². The Kier molecular flexibility index (Phi) is 5.12. The molecule has 0 saturated heterocycles. The summed E-state index contributed by atoms with van der Waals surface area (Å²) in [4.78, 5) is 36.1. The Morgan fingerprint density at radius 1 is 1.08 bits per heavy atom. The van der Waals surface area contributed by atoms with Crippen LogP contribution >= 0.6 is 0 Å². The number of carbonyl (C=O) groups is 2. The van der Waals surface area contributed by atoms with E-state index in [1.54, 1.807) is 30.3 Å². The molecule has 2 aromatic carbocycles. The van der Waals surface area contributed by atoms with E-state index in [-0.39, 0.29) is 16.8 Å². The number of hydrogen-bond donors (Lipinski definition) is 1. The third-order valence-corrected chi connectivity index (χ3v) is 3.84. The fourth-order valence-electron chi connectivity index (χ4n) is 2.54. The Morgan fingerprint density at radius 2 is 1.81 bits per heavy atom. The molecular formula is C20H17NO5. The summed E-state index contributed by atoms with van der Waals surface area (Å²) >= 11 is 0. The average molecular weight is 351 g/mol. The van der Waals surface area contributed by atoms with E-state index >= 15 is 0 Å². The molecule has 1 N–H and O–H groups in total. The lowest BCUT2D eigenvalue weighted by atomic mass is 10.1. The molecular weight excluding hydrogens is 334 g/mol. The Balaban J connectivity index is 1.67. The van der Waals surface area contributed by atoms with Gasteiger partial charge in [-0.1, -0.05) is 37.3 Å². The molecule has 0 atom stereocenters. The van der Waals surface area contributed by atoms with Gasteiger partial charge in [-0.25, -0.2) is 4.79 Å². The smallest absolute Gasteiger partial charge is 0.374 e. The summed E-state index contributed by atoms with van der Waals surface area (Å²) in [7, 11) is 0. The number of para-hydroxylation sites is 2. The number of nitrogens with one attached hydrogen (secondary N) is 1. The monoisotopic (exact) mass is 351 g/mol. The van der Waals surface area contributed by atoms with Gasteiger partial charge in [-0.05, 0) is 30.2 Å². The molecule has 6 heteroatoms. The molecule has 0 unspecified atom stereocenters. The third kappa shape index (κ3) is 3.80. The van der Waals surface area contributed by atoms with Gasteiger partial charge in [0.2, 0.25) is 5.76 Å². The van der Waals surface area contributed by atoms with Crippen molar-refractivity contribution in [2.24, 2.45) is 0 Å². The number of ether oxygens (including phenoxy) is 1. The van der Waals surface area contributed by atoms with Crippen molar-refractivity contribution in [3.8, 4) is 0 Å². The quantitative estimate of drug-likeness (QED) is 0.714. The molecule has 1 heterocycles. The lowest BCUT2D eigenvalue weighted by Gasteiger charge is -2.10. The molecule has 1 aromatic heterocycles. The van der Waals surface area contributed by atoms with Crippen molar-refractivity contribution in [3.63, 3.8) is 0 Å². The van der Waals surface area contributed by atoms with Gasteiger partial charge in [-0.2, -0.15) is 0 Å². The minimum absolute atomic E-state index is 0.240. The van der Waals surface area contributed by atoms with Crippen LogP contribution in [0.4, 0.5) is 5.69 Å². The zero-order valence-corrected chi connectivity index (χ0v) is 14.2. The first-order valence-corrected chi connectivity index (χ1v) is 8.16. The number of aryl methyl sites for hydroxylation is 1. The van der Waals surface area contributed by atoms with Crippen LogP contribution in [-0.2, 0) is 16.0 Å². The van der Waals surface area contributed by atoms with Crippen LogP contribution in [0.2, 0.25) is 0 Å². The number of hydrogen-bond acceptors (Lipinski definition) is 5. The Morgan fingerprint density at radius 3 is 2.62 bits per heavy atom. The second-order valence-corrected chi connectivity index (χ2v) is 5.61. The van der Waals surface area contributed by atoms with Gasteiger partial charge in [0.05, 0.1) is 5.39 Å². The number of fused-ring (bicyclic) bond motifs is 1. The van der Waals surface area contributed by atoms with Gasteiger partial charge in [-0.3, -0.25) is 9.59 Å². The van der Waals surface area contributed by atoms with E-state index in [4.69, 9.17) is 9.15 Å². The van der Waals surface area contributed by atoms with Crippen LogP contribution in [0.5, 0.6) is 0 Å². The van der Waals surface area contributed by atoms with Crippen LogP contribution in [0.3, 0.4) is 0 Å². The number of benzene rings is 2. The summed E-state index contributed by atoms with van der Waals surface area (Å²) in [5.74, 6) is -1.58. The summed E-state index contributed by atoms with van der Waals surface area (Å²) < 4.78 is 10.3. The highest BCUT2D eigenvalue weighted by Gasteiger charge is 2.15. The van der Waals surface area contributed by atoms with Crippen molar-refractivity contribution in [3.05, 3.63) is 76.1 Å². The molecule has 3 rings (SSSR count). The van der Waals surface area contributed by atoms with Crippen molar-refractivity contribution < 1.29 is 18.7 Å². The maximum Gasteiger partial charge on any atom is 0.374 e. The van der Waals surface area contributed by atoms with Crippen LogP contribution in [0.15, 0.2) is 63.8 Å². The molecule has 0 bridgehead atoms. The molecule has 0 saturated carbocycles.